The second kappa shape index (κ2) is 10.4. The second-order valence-electron chi connectivity index (χ2n) is 6.73. The van der Waals surface area contributed by atoms with Gasteiger partial charge in [0.15, 0.2) is 0 Å². The molecule has 7 nitrogen and oxygen atoms in total. The van der Waals surface area contributed by atoms with Crippen molar-refractivity contribution in [2.75, 3.05) is 17.2 Å². The lowest BCUT2D eigenvalue weighted by Gasteiger charge is -2.23. The summed E-state index contributed by atoms with van der Waals surface area (Å²) in [7, 11) is -3.95. The van der Waals surface area contributed by atoms with Crippen LogP contribution >= 0.6 is 11.3 Å². The van der Waals surface area contributed by atoms with E-state index in [-0.39, 0.29) is 5.75 Å². The maximum absolute atomic E-state index is 10.9. The van der Waals surface area contributed by atoms with Crippen molar-refractivity contribution >= 4 is 38.0 Å². The monoisotopic (exact) mass is 445 g/mol. The van der Waals surface area contributed by atoms with Crippen LogP contribution in [0.2, 0.25) is 0 Å². The molecule has 0 spiro atoms. The Morgan fingerprint density at radius 3 is 2.47 bits per heavy atom. The van der Waals surface area contributed by atoms with Crippen molar-refractivity contribution in [2.45, 2.75) is 26.4 Å². The average Bonchev–Trinajstić information content (AvgIpc) is 3.18. The van der Waals surface area contributed by atoms with Crippen LogP contribution in [0.5, 0.6) is 0 Å². The number of aryl methyl sites for hydroxylation is 1. The number of hydrogen-bond donors (Lipinski definition) is 1. The van der Waals surface area contributed by atoms with E-state index in [1.54, 1.807) is 0 Å². The Bertz CT molecular complexity index is 1070. The zero-order valence-electron chi connectivity index (χ0n) is 16.8. The predicted octanol–water partition coefficient (Wildman–Crippen LogP) is 4.76. The fourth-order valence-corrected chi connectivity index (χ4v) is 4.18. The molecule has 1 aromatic heterocycles. The summed E-state index contributed by atoms with van der Waals surface area (Å²) in [4.78, 5) is 2.29. The van der Waals surface area contributed by atoms with E-state index in [9.17, 15) is 8.42 Å². The van der Waals surface area contributed by atoms with Crippen molar-refractivity contribution in [2.24, 2.45) is 10.2 Å². The molecule has 3 rings (SSSR count). The Balaban J connectivity index is 1.63. The van der Waals surface area contributed by atoms with Gasteiger partial charge in [0.05, 0.1) is 17.4 Å². The van der Waals surface area contributed by atoms with Crippen molar-refractivity contribution in [1.29, 1.82) is 0 Å². The summed E-state index contributed by atoms with van der Waals surface area (Å²) in [5.41, 5.74) is 3.13. The Morgan fingerprint density at radius 2 is 1.80 bits per heavy atom. The van der Waals surface area contributed by atoms with Crippen molar-refractivity contribution in [3.05, 3.63) is 71.7 Å². The third-order valence-corrected chi connectivity index (χ3v) is 6.11. The van der Waals surface area contributed by atoms with Crippen LogP contribution in [0.3, 0.4) is 0 Å². The van der Waals surface area contributed by atoms with Crippen molar-refractivity contribution in [1.82, 2.24) is 0 Å². The van der Waals surface area contributed by atoms with Crippen LogP contribution in [-0.2, 0) is 23.2 Å². The zero-order valence-corrected chi connectivity index (χ0v) is 18.4. The lowest BCUT2D eigenvalue weighted by atomic mass is 10.2. The van der Waals surface area contributed by atoms with Crippen LogP contribution < -0.4 is 9.47 Å². The molecule has 0 atom stereocenters. The molecule has 0 aliphatic heterocycles. The van der Waals surface area contributed by atoms with E-state index in [4.69, 9.17) is 4.55 Å². The van der Waals surface area contributed by atoms with Crippen LogP contribution in [0.1, 0.15) is 18.9 Å². The first-order valence-corrected chi connectivity index (χ1v) is 12.2. The van der Waals surface area contributed by atoms with E-state index >= 15 is 0 Å². The Labute approximate surface area is 181 Å². The number of thiazole rings is 1. The summed E-state index contributed by atoms with van der Waals surface area (Å²) in [5.74, 6) is -0.273. The second-order valence-corrected chi connectivity index (χ2v) is 9.18. The number of benzene rings is 2. The molecule has 0 aliphatic carbocycles. The van der Waals surface area contributed by atoms with E-state index < -0.39 is 10.1 Å². The summed E-state index contributed by atoms with van der Waals surface area (Å²) < 4.78 is 32.4. The Hall–Kier alpha value is -2.62. The van der Waals surface area contributed by atoms with Gasteiger partial charge >= 0.3 is 5.13 Å². The highest BCUT2D eigenvalue weighted by molar-refractivity contribution is 7.85. The Morgan fingerprint density at radius 1 is 1.07 bits per heavy atom. The topological polar surface area (TPSA) is 86.2 Å². The maximum Gasteiger partial charge on any atom is 0.408 e. The summed E-state index contributed by atoms with van der Waals surface area (Å²) in [6.45, 7) is 4.32. The highest BCUT2D eigenvalue weighted by atomic mass is 32.2. The molecule has 9 heteroatoms. The molecule has 30 heavy (non-hydrogen) atoms. The number of azo groups is 1. The lowest BCUT2D eigenvalue weighted by Crippen LogP contribution is -2.31. The fraction of sp³-hybridized carbons (Fsp3) is 0.286. The van der Waals surface area contributed by atoms with Crippen molar-refractivity contribution < 1.29 is 17.5 Å². The fourth-order valence-electron chi connectivity index (χ4n) is 2.98. The smallest absolute Gasteiger partial charge is 0.367 e. The highest BCUT2D eigenvalue weighted by Crippen LogP contribution is 2.24. The predicted molar refractivity (Wildman–Crippen MR) is 119 cm³/mol. The van der Waals surface area contributed by atoms with Gasteiger partial charge in [0, 0.05) is 30.6 Å². The average molecular weight is 446 g/mol. The number of rotatable bonds is 10. The standard InChI is InChI=1S/C21H24N4O3S2/c1-2-24(17-18-7-4-3-5-8-18)20-11-9-19(10-12-20)22-23-21-25(14-15-29-21)13-6-16-30(26,27)28/h3-5,7-12,14-15H,2,6,13,16-17H2,1H3/p+1. The van der Waals surface area contributed by atoms with Gasteiger partial charge in [0.2, 0.25) is 0 Å². The van der Waals surface area contributed by atoms with Crippen molar-refractivity contribution in [3.8, 4) is 0 Å². The molecule has 0 fully saturated rings. The van der Waals surface area contributed by atoms with Gasteiger partial charge in [0.1, 0.15) is 11.9 Å². The van der Waals surface area contributed by atoms with Gasteiger partial charge in [-0.25, -0.2) is 4.57 Å². The van der Waals surface area contributed by atoms with Crippen LogP contribution in [-0.4, -0.2) is 25.3 Å². The molecular weight excluding hydrogens is 420 g/mol. The van der Waals surface area contributed by atoms with E-state index in [0.29, 0.717) is 18.1 Å². The Kier molecular flexibility index (Phi) is 7.67. The first-order chi connectivity index (χ1) is 14.4. The van der Waals surface area contributed by atoms with Crippen molar-refractivity contribution in [3.63, 3.8) is 0 Å². The van der Waals surface area contributed by atoms with Crippen LogP contribution in [0.15, 0.2) is 76.4 Å². The van der Waals surface area contributed by atoms with E-state index in [1.807, 2.05) is 58.6 Å². The summed E-state index contributed by atoms with van der Waals surface area (Å²) in [6, 6.07) is 18.3. The van der Waals surface area contributed by atoms with E-state index in [2.05, 4.69) is 34.2 Å². The molecule has 1 N–H and O–H groups in total. The molecule has 0 saturated carbocycles. The first-order valence-electron chi connectivity index (χ1n) is 9.67. The molecule has 0 radical (unpaired) electrons. The third-order valence-electron chi connectivity index (χ3n) is 4.53. The largest absolute Gasteiger partial charge is 0.408 e. The van der Waals surface area contributed by atoms with Gasteiger partial charge in [-0.2, -0.15) is 8.42 Å². The van der Waals surface area contributed by atoms with Gasteiger partial charge in [-0.15, -0.1) is 0 Å². The molecule has 0 unspecified atom stereocenters. The quantitative estimate of drug-likeness (QED) is 0.277. The van der Waals surface area contributed by atoms with Gasteiger partial charge in [-0.1, -0.05) is 30.3 Å². The molecule has 0 bridgehead atoms. The number of aromatic nitrogens is 1. The van der Waals surface area contributed by atoms with Gasteiger partial charge in [0.25, 0.3) is 10.1 Å². The first kappa shape index (κ1) is 22.1. The highest BCUT2D eigenvalue weighted by Gasteiger charge is 2.14. The van der Waals surface area contributed by atoms with Crippen LogP contribution in [0.4, 0.5) is 16.5 Å². The summed E-state index contributed by atoms with van der Waals surface area (Å²) >= 11 is 1.42. The van der Waals surface area contributed by atoms with Gasteiger partial charge < -0.3 is 4.90 Å². The summed E-state index contributed by atoms with van der Waals surface area (Å²) in [6.07, 6.45) is 2.14. The van der Waals surface area contributed by atoms with Crippen LogP contribution in [0.25, 0.3) is 0 Å². The summed E-state index contributed by atoms with van der Waals surface area (Å²) in [5, 5.41) is 11.1. The minimum absolute atomic E-state index is 0.273. The normalized spacial score (nSPS) is 11.8. The minimum atomic E-state index is -3.95. The van der Waals surface area contributed by atoms with E-state index in [0.717, 1.165) is 24.5 Å². The minimum Gasteiger partial charge on any atom is -0.367 e. The van der Waals surface area contributed by atoms with Gasteiger partial charge in [-0.3, -0.25) is 4.55 Å². The number of anilines is 1. The maximum atomic E-state index is 10.9. The van der Waals surface area contributed by atoms with Gasteiger partial charge in [-0.05, 0) is 53.2 Å². The molecule has 158 valence electrons. The lowest BCUT2D eigenvalue weighted by molar-refractivity contribution is -0.680. The number of nitrogens with zero attached hydrogens (tertiary/aromatic N) is 4. The molecule has 0 amide bonds. The molecule has 0 aliphatic rings. The zero-order chi connectivity index (χ0) is 21.4. The SMILES string of the molecule is CCN(Cc1ccccc1)c1ccc(N=Nc2scc[n+]2CCCS(=O)(=O)O)cc1. The molecule has 2 aromatic carbocycles. The molecule has 3 aromatic rings. The van der Waals surface area contributed by atoms with Crippen LogP contribution in [0, 0.1) is 0 Å². The molecule has 1 heterocycles. The number of hydrogen-bond acceptors (Lipinski definition) is 6. The molecule has 0 saturated heterocycles. The van der Waals surface area contributed by atoms with E-state index in [1.165, 1.54) is 16.9 Å². The molecular formula is C21H25N4O3S2+. The third kappa shape index (κ3) is 6.72.